The number of imidazole rings is 1. The van der Waals surface area contributed by atoms with Crippen molar-refractivity contribution in [2.75, 3.05) is 11.5 Å². The smallest absolute Gasteiger partial charge is 0.113 e. The van der Waals surface area contributed by atoms with Crippen LogP contribution < -0.4 is 5.73 Å². The molecule has 2 aromatic heterocycles. The van der Waals surface area contributed by atoms with Gasteiger partial charge in [-0.25, -0.2) is 4.98 Å². The molecule has 0 saturated carbocycles. The van der Waals surface area contributed by atoms with Crippen LogP contribution in [0.5, 0.6) is 0 Å². The molecule has 1 unspecified atom stereocenters. The second kappa shape index (κ2) is 5.33. The molecule has 0 radical (unpaired) electrons. The lowest BCUT2D eigenvalue weighted by Gasteiger charge is -2.20. The summed E-state index contributed by atoms with van der Waals surface area (Å²) in [4.78, 5) is 4.58. The molecule has 2 N–H and O–H groups in total. The number of hydrogen-bond acceptors (Lipinski definition) is 3. The van der Waals surface area contributed by atoms with E-state index in [1.54, 1.807) is 0 Å². The minimum Gasteiger partial charge on any atom is -0.326 e. The summed E-state index contributed by atoms with van der Waals surface area (Å²) in [5.41, 5.74) is 8.00. The van der Waals surface area contributed by atoms with E-state index in [2.05, 4.69) is 39.5 Å². The molecule has 1 aliphatic rings. The highest BCUT2D eigenvalue weighted by molar-refractivity contribution is 7.99. The Morgan fingerprint density at radius 1 is 1.50 bits per heavy atom. The van der Waals surface area contributed by atoms with E-state index in [9.17, 15) is 0 Å². The standard InChI is InChI=1S/C14H19N3S/c15-8-11-3-4-17-13(6-11)9-16-14(17)7-12-2-1-5-18-10-12/h3-4,6,9,12H,1-2,5,7-8,10,15H2. The third kappa shape index (κ3) is 2.40. The van der Waals surface area contributed by atoms with Crippen molar-refractivity contribution in [2.45, 2.75) is 25.8 Å². The Kier molecular flexibility index (Phi) is 3.57. The molecule has 2 aromatic rings. The number of aromatic nitrogens is 2. The second-order valence-corrected chi connectivity index (χ2v) is 6.15. The molecule has 0 amide bonds. The molecule has 3 rings (SSSR count). The van der Waals surface area contributed by atoms with Crippen LogP contribution in [-0.2, 0) is 13.0 Å². The van der Waals surface area contributed by atoms with Crippen LogP contribution in [0.4, 0.5) is 0 Å². The molecule has 0 bridgehead atoms. The Morgan fingerprint density at radius 3 is 3.22 bits per heavy atom. The molecule has 1 aliphatic heterocycles. The molecule has 96 valence electrons. The summed E-state index contributed by atoms with van der Waals surface area (Å²) < 4.78 is 2.21. The lowest BCUT2D eigenvalue weighted by molar-refractivity contribution is 0.507. The average molecular weight is 261 g/mol. The predicted octanol–water partition coefficient (Wildman–Crippen LogP) is 2.48. The predicted molar refractivity (Wildman–Crippen MR) is 76.8 cm³/mol. The lowest BCUT2D eigenvalue weighted by atomic mass is 10.0. The first-order valence-corrected chi connectivity index (χ1v) is 7.75. The van der Waals surface area contributed by atoms with Gasteiger partial charge in [-0.15, -0.1) is 0 Å². The summed E-state index contributed by atoms with van der Waals surface area (Å²) in [5.74, 6) is 4.61. The van der Waals surface area contributed by atoms with Crippen LogP contribution in [0.3, 0.4) is 0 Å². The molecule has 1 saturated heterocycles. The summed E-state index contributed by atoms with van der Waals surface area (Å²) in [5, 5.41) is 0. The van der Waals surface area contributed by atoms with Crippen molar-refractivity contribution in [2.24, 2.45) is 11.7 Å². The summed E-state index contributed by atoms with van der Waals surface area (Å²) in [6.45, 7) is 0.594. The van der Waals surface area contributed by atoms with Crippen LogP contribution in [0.25, 0.3) is 5.52 Å². The highest BCUT2D eigenvalue weighted by Gasteiger charge is 2.16. The van der Waals surface area contributed by atoms with Crippen molar-refractivity contribution >= 4 is 17.3 Å². The fourth-order valence-electron chi connectivity index (χ4n) is 2.61. The molecular formula is C14H19N3S. The van der Waals surface area contributed by atoms with Crippen molar-refractivity contribution < 1.29 is 0 Å². The van der Waals surface area contributed by atoms with Gasteiger partial charge in [-0.05, 0) is 48.0 Å². The Morgan fingerprint density at radius 2 is 2.44 bits per heavy atom. The minimum absolute atomic E-state index is 0.594. The van der Waals surface area contributed by atoms with Crippen LogP contribution in [-0.4, -0.2) is 20.9 Å². The van der Waals surface area contributed by atoms with Crippen molar-refractivity contribution in [3.05, 3.63) is 35.9 Å². The monoisotopic (exact) mass is 261 g/mol. The molecule has 1 fully saturated rings. The van der Waals surface area contributed by atoms with Gasteiger partial charge >= 0.3 is 0 Å². The van der Waals surface area contributed by atoms with Gasteiger partial charge in [0.1, 0.15) is 5.82 Å². The van der Waals surface area contributed by atoms with Crippen LogP contribution in [0, 0.1) is 5.92 Å². The van der Waals surface area contributed by atoms with Gasteiger partial charge in [0.15, 0.2) is 0 Å². The van der Waals surface area contributed by atoms with E-state index in [-0.39, 0.29) is 0 Å². The fraction of sp³-hybridized carbons (Fsp3) is 0.500. The molecule has 1 atom stereocenters. The number of hydrogen-bond donors (Lipinski definition) is 1. The van der Waals surface area contributed by atoms with Gasteiger partial charge in [0.2, 0.25) is 0 Å². The maximum atomic E-state index is 5.66. The topological polar surface area (TPSA) is 43.3 Å². The first-order valence-electron chi connectivity index (χ1n) is 6.59. The summed E-state index contributed by atoms with van der Waals surface area (Å²) in [6.07, 6.45) is 7.88. The molecule has 0 spiro atoms. The summed E-state index contributed by atoms with van der Waals surface area (Å²) in [6, 6.07) is 4.22. The first-order chi connectivity index (χ1) is 8.86. The molecule has 3 heterocycles. The van der Waals surface area contributed by atoms with E-state index < -0.39 is 0 Å². The molecule has 3 nitrogen and oxygen atoms in total. The average Bonchev–Trinajstić information content (AvgIpc) is 2.82. The Bertz CT molecular complexity index is 529. The van der Waals surface area contributed by atoms with Gasteiger partial charge < -0.3 is 10.1 Å². The maximum absolute atomic E-state index is 5.66. The zero-order chi connectivity index (χ0) is 12.4. The number of rotatable bonds is 3. The minimum atomic E-state index is 0.594. The van der Waals surface area contributed by atoms with Gasteiger partial charge in [0.25, 0.3) is 0 Å². The van der Waals surface area contributed by atoms with Crippen LogP contribution >= 0.6 is 11.8 Å². The number of thioether (sulfide) groups is 1. The molecular weight excluding hydrogens is 242 g/mol. The van der Waals surface area contributed by atoms with Crippen LogP contribution in [0.1, 0.15) is 24.2 Å². The van der Waals surface area contributed by atoms with Crippen LogP contribution in [0.2, 0.25) is 0 Å². The highest BCUT2D eigenvalue weighted by Crippen LogP contribution is 2.25. The van der Waals surface area contributed by atoms with E-state index in [0.717, 1.165) is 17.9 Å². The van der Waals surface area contributed by atoms with E-state index in [1.165, 1.54) is 35.7 Å². The van der Waals surface area contributed by atoms with Crippen molar-refractivity contribution in [3.8, 4) is 0 Å². The normalized spacial score (nSPS) is 20.4. The second-order valence-electron chi connectivity index (χ2n) is 5.00. The zero-order valence-electron chi connectivity index (χ0n) is 10.5. The van der Waals surface area contributed by atoms with Gasteiger partial charge in [-0.1, -0.05) is 0 Å². The van der Waals surface area contributed by atoms with Crippen LogP contribution in [0.15, 0.2) is 24.5 Å². The maximum Gasteiger partial charge on any atom is 0.113 e. The molecule has 18 heavy (non-hydrogen) atoms. The van der Waals surface area contributed by atoms with Gasteiger partial charge in [0, 0.05) is 19.2 Å². The zero-order valence-corrected chi connectivity index (χ0v) is 11.3. The summed E-state index contributed by atoms with van der Waals surface area (Å²) >= 11 is 2.08. The van der Waals surface area contributed by atoms with Crippen molar-refractivity contribution in [1.29, 1.82) is 0 Å². The molecule has 0 aliphatic carbocycles. The first kappa shape index (κ1) is 12.1. The lowest BCUT2D eigenvalue weighted by Crippen LogP contribution is -2.14. The number of nitrogens with two attached hydrogens (primary N) is 1. The third-order valence-corrected chi connectivity index (χ3v) is 4.92. The quantitative estimate of drug-likeness (QED) is 0.923. The Labute approximate surface area is 112 Å². The number of fused-ring (bicyclic) bond motifs is 1. The Balaban J connectivity index is 1.83. The molecule has 0 aromatic carbocycles. The fourth-order valence-corrected chi connectivity index (χ4v) is 3.76. The van der Waals surface area contributed by atoms with E-state index in [1.807, 2.05) is 6.20 Å². The van der Waals surface area contributed by atoms with Gasteiger partial charge in [-0.3, -0.25) is 0 Å². The van der Waals surface area contributed by atoms with Gasteiger partial charge in [-0.2, -0.15) is 11.8 Å². The third-order valence-electron chi connectivity index (χ3n) is 3.63. The molecule has 4 heteroatoms. The number of nitrogens with zero attached hydrogens (tertiary/aromatic N) is 2. The van der Waals surface area contributed by atoms with Crippen molar-refractivity contribution in [1.82, 2.24) is 9.38 Å². The van der Waals surface area contributed by atoms with Crippen molar-refractivity contribution in [3.63, 3.8) is 0 Å². The summed E-state index contributed by atoms with van der Waals surface area (Å²) in [7, 11) is 0. The largest absolute Gasteiger partial charge is 0.326 e. The SMILES string of the molecule is NCc1ccn2c(CC3CCCSC3)ncc2c1. The van der Waals surface area contributed by atoms with E-state index in [0.29, 0.717) is 6.54 Å². The van der Waals surface area contributed by atoms with Gasteiger partial charge in [0.05, 0.1) is 11.7 Å². The van der Waals surface area contributed by atoms with E-state index >= 15 is 0 Å². The van der Waals surface area contributed by atoms with E-state index in [4.69, 9.17) is 5.73 Å². The highest BCUT2D eigenvalue weighted by atomic mass is 32.2. The Hall–Kier alpha value is -1.00. The number of pyridine rings is 1.